The first-order chi connectivity index (χ1) is 12.1. The predicted octanol–water partition coefficient (Wildman–Crippen LogP) is 1.50. The van der Waals surface area contributed by atoms with Gasteiger partial charge in [0, 0.05) is 26.3 Å². The van der Waals surface area contributed by atoms with Crippen molar-refractivity contribution in [2.75, 3.05) is 20.2 Å². The number of aliphatic imine (C=N–C) groups is 1. The third kappa shape index (κ3) is 5.63. The molecule has 1 heterocycles. The molecule has 0 aliphatic rings. The Bertz CT molecular complexity index is 707. The Morgan fingerprint density at radius 1 is 1.24 bits per heavy atom. The molecule has 0 aliphatic carbocycles. The van der Waals surface area contributed by atoms with Crippen LogP contribution < -0.4 is 10.6 Å². The first-order valence-corrected chi connectivity index (χ1v) is 8.30. The molecule has 0 atom stereocenters. The molecule has 7 heteroatoms. The van der Waals surface area contributed by atoms with E-state index < -0.39 is 0 Å². The summed E-state index contributed by atoms with van der Waals surface area (Å²) < 4.78 is 6.52. The maximum absolute atomic E-state index is 11.4. The Hall–Kier alpha value is -2.83. The quantitative estimate of drug-likeness (QED) is 0.452. The van der Waals surface area contributed by atoms with Gasteiger partial charge in [-0.25, -0.2) is 9.79 Å². The van der Waals surface area contributed by atoms with E-state index in [1.165, 1.54) is 7.11 Å². The van der Waals surface area contributed by atoms with E-state index in [9.17, 15) is 4.79 Å². The van der Waals surface area contributed by atoms with E-state index in [0.717, 1.165) is 36.7 Å². The normalized spacial score (nSPS) is 11.2. The molecule has 2 N–H and O–H groups in total. The van der Waals surface area contributed by atoms with Crippen molar-refractivity contribution < 1.29 is 9.53 Å². The summed E-state index contributed by atoms with van der Waals surface area (Å²) in [6.45, 7) is 4.15. The van der Waals surface area contributed by atoms with Crippen LogP contribution in [-0.2, 0) is 24.8 Å². The first-order valence-electron chi connectivity index (χ1n) is 8.30. The van der Waals surface area contributed by atoms with E-state index in [-0.39, 0.29) is 5.97 Å². The zero-order chi connectivity index (χ0) is 18.1. The molecular formula is C18H25N5O2. The number of guanidine groups is 1. The topological polar surface area (TPSA) is 80.5 Å². The van der Waals surface area contributed by atoms with Crippen LogP contribution in [0.25, 0.3) is 0 Å². The van der Waals surface area contributed by atoms with Crippen LogP contribution in [0.3, 0.4) is 0 Å². The summed E-state index contributed by atoms with van der Waals surface area (Å²) in [5, 5.41) is 10.7. The van der Waals surface area contributed by atoms with Crippen LogP contribution in [0.2, 0.25) is 0 Å². The smallest absolute Gasteiger partial charge is 0.337 e. The minimum atomic E-state index is -0.318. The molecule has 7 nitrogen and oxygen atoms in total. The summed E-state index contributed by atoms with van der Waals surface area (Å²) >= 11 is 0. The van der Waals surface area contributed by atoms with Gasteiger partial charge in [0.1, 0.15) is 0 Å². The third-order valence-electron chi connectivity index (χ3n) is 3.75. The molecule has 0 amide bonds. The van der Waals surface area contributed by atoms with E-state index in [1.807, 2.05) is 36.9 Å². The second kappa shape index (κ2) is 9.46. The molecule has 0 spiro atoms. The highest BCUT2D eigenvalue weighted by molar-refractivity contribution is 5.89. The van der Waals surface area contributed by atoms with Crippen molar-refractivity contribution in [3.05, 3.63) is 53.3 Å². The second-order valence-corrected chi connectivity index (χ2v) is 5.51. The van der Waals surface area contributed by atoms with Crippen LogP contribution in [0.15, 0.2) is 41.5 Å². The monoisotopic (exact) mass is 343 g/mol. The van der Waals surface area contributed by atoms with Crippen molar-refractivity contribution in [3.63, 3.8) is 0 Å². The summed E-state index contributed by atoms with van der Waals surface area (Å²) in [5.74, 6) is 0.455. The summed E-state index contributed by atoms with van der Waals surface area (Å²) in [7, 11) is 3.29. The lowest BCUT2D eigenvalue weighted by atomic mass is 10.1. The number of rotatable bonds is 7. The Kier molecular flexibility index (Phi) is 7.00. The number of nitrogens with zero attached hydrogens (tertiary/aromatic N) is 3. The Morgan fingerprint density at radius 2 is 2.00 bits per heavy atom. The number of benzene rings is 1. The maximum Gasteiger partial charge on any atom is 0.337 e. The predicted molar refractivity (Wildman–Crippen MR) is 97.5 cm³/mol. The van der Waals surface area contributed by atoms with Gasteiger partial charge in [-0.05, 0) is 37.1 Å². The fourth-order valence-corrected chi connectivity index (χ4v) is 2.31. The molecule has 2 aromatic rings. The number of carbonyl (C=O) groups excluding carboxylic acids is 1. The Labute approximate surface area is 148 Å². The largest absolute Gasteiger partial charge is 0.465 e. The van der Waals surface area contributed by atoms with Gasteiger partial charge in [0.25, 0.3) is 0 Å². The Balaban J connectivity index is 1.86. The van der Waals surface area contributed by atoms with Gasteiger partial charge in [-0.15, -0.1) is 0 Å². The molecule has 2 rings (SSSR count). The van der Waals surface area contributed by atoms with E-state index in [1.54, 1.807) is 18.3 Å². The van der Waals surface area contributed by atoms with Crippen LogP contribution in [0.4, 0.5) is 0 Å². The molecule has 0 saturated heterocycles. The van der Waals surface area contributed by atoms with Gasteiger partial charge in [0.15, 0.2) is 5.96 Å². The maximum atomic E-state index is 11.4. The van der Waals surface area contributed by atoms with Gasteiger partial charge in [-0.2, -0.15) is 5.10 Å². The lowest BCUT2D eigenvalue weighted by Gasteiger charge is -2.11. The molecule has 0 radical (unpaired) electrons. The van der Waals surface area contributed by atoms with E-state index >= 15 is 0 Å². The average Bonchev–Trinajstić information content (AvgIpc) is 3.04. The lowest BCUT2D eigenvalue weighted by Crippen LogP contribution is -2.38. The highest BCUT2D eigenvalue weighted by Crippen LogP contribution is 2.06. The highest BCUT2D eigenvalue weighted by atomic mass is 16.5. The lowest BCUT2D eigenvalue weighted by molar-refractivity contribution is 0.0600. The minimum Gasteiger partial charge on any atom is -0.465 e. The number of aromatic nitrogens is 2. The van der Waals surface area contributed by atoms with Gasteiger partial charge in [0.2, 0.25) is 0 Å². The first kappa shape index (κ1) is 18.5. The standard InChI is InChI=1S/C18H25N5O2/c1-4-19-18(21-13-16-10-12-22-23(16)2)20-11-9-14-5-7-15(8-6-14)17(24)25-3/h5-8,10,12H,4,9,11,13H2,1-3H3,(H2,19,20,21). The molecule has 0 unspecified atom stereocenters. The van der Waals surface area contributed by atoms with Crippen LogP contribution in [0, 0.1) is 0 Å². The van der Waals surface area contributed by atoms with Gasteiger partial charge in [-0.3, -0.25) is 4.68 Å². The number of hydrogen-bond donors (Lipinski definition) is 2. The molecule has 0 bridgehead atoms. The summed E-state index contributed by atoms with van der Waals surface area (Å²) in [5.41, 5.74) is 2.75. The molecule has 1 aromatic carbocycles. The van der Waals surface area contributed by atoms with Crippen molar-refractivity contribution >= 4 is 11.9 Å². The third-order valence-corrected chi connectivity index (χ3v) is 3.75. The van der Waals surface area contributed by atoms with Crippen LogP contribution in [-0.4, -0.2) is 41.9 Å². The molecule has 0 fully saturated rings. The van der Waals surface area contributed by atoms with Crippen molar-refractivity contribution in [3.8, 4) is 0 Å². The second-order valence-electron chi connectivity index (χ2n) is 5.51. The molecule has 0 saturated carbocycles. The fraction of sp³-hybridized carbons (Fsp3) is 0.389. The summed E-state index contributed by atoms with van der Waals surface area (Å²) in [4.78, 5) is 16.0. The Morgan fingerprint density at radius 3 is 2.60 bits per heavy atom. The average molecular weight is 343 g/mol. The molecule has 134 valence electrons. The van der Waals surface area contributed by atoms with Crippen LogP contribution >= 0.6 is 0 Å². The number of nitrogens with one attached hydrogen (secondary N) is 2. The number of aryl methyl sites for hydroxylation is 1. The minimum absolute atomic E-state index is 0.318. The molecule has 1 aromatic heterocycles. The van der Waals surface area contributed by atoms with E-state index in [0.29, 0.717) is 12.1 Å². The van der Waals surface area contributed by atoms with Gasteiger partial charge < -0.3 is 15.4 Å². The van der Waals surface area contributed by atoms with Crippen molar-refractivity contribution in [1.82, 2.24) is 20.4 Å². The summed E-state index contributed by atoms with van der Waals surface area (Å²) in [6, 6.07) is 9.39. The molecule has 0 aliphatic heterocycles. The van der Waals surface area contributed by atoms with Crippen LogP contribution in [0.1, 0.15) is 28.5 Å². The van der Waals surface area contributed by atoms with Gasteiger partial charge in [0.05, 0.1) is 24.9 Å². The van der Waals surface area contributed by atoms with Crippen molar-refractivity contribution in [2.45, 2.75) is 19.9 Å². The zero-order valence-electron chi connectivity index (χ0n) is 15.0. The highest BCUT2D eigenvalue weighted by Gasteiger charge is 2.05. The number of hydrogen-bond acceptors (Lipinski definition) is 4. The number of carbonyl (C=O) groups is 1. The van der Waals surface area contributed by atoms with Crippen LogP contribution in [0.5, 0.6) is 0 Å². The van der Waals surface area contributed by atoms with Gasteiger partial charge >= 0.3 is 5.97 Å². The molecular weight excluding hydrogens is 318 g/mol. The number of ether oxygens (including phenoxy) is 1. The number of methoxy groups -OCH3 is 1. The summed E-state index contributed by atoms with van der Waals surface area (Å²) in [6.07, 6.45) is 2.60. The van der Waals surface area contributed by atoms with Crippen molar-refractivity contribution in [1.29, 1.82) is 0 Å². The molecule has 25 heavy (non-hydrogen) atoms. The van der Waals surface area contributed by atoms with Gasteiger partial charge in [-0.1, -0.05) is 12.1 Å². The van der Waals surface area contributed by atoms with Crippen molar-refractivity contribution in [2.24, 2.45) is 12.0 Å². The zero-order valence-corrected chi connectivity index (χ0v) is 15.0. The van der Waals surface area contributed by atoms with E-state index in [4.69, 9.17) is 4.74 Å². The van der Waals surface area contributed by atoms with E-state index in [2.05, 4.69) is 20.7 Å². The number of esters is 1. The fourth-order valence-electron chi connectivity index (χ4n) is 2.31. The SMILES string of the molecule is CCNC(=NCc1ccnn1C)NCCc1ccc(C(=O)OC)cc1.